The van der Waals surface area contributed by atoms with E-state index in [1.54, 1.807) is 14.2 Å². The molecular weight excluding hydrogens is 264 g/mol. The van der Waals surface area contributed by atoms with Gasteiger partial charge in [0.25, 0.3) is 0 Å². The Bertz CT molecular complexity index is 428. The fraction of sp³-hybridized carbons (Fsp3) is 0.647. The second-order valence-electron chi connectivity index (χ2n) is 5.83. The van der Waals surface area contributed by atoms with E-state index in [-0.39, 0.29) is 6.04 Å². The van der Waals surface area contributed by atoms with E-state index < -0.39 is 0 Å². The van der Waals surface area contributed by atoms with Crippen molar-refractivity contribution in [2.75, 3.05) is 27.3 Å². The van der Waals surface area contributed by atoms with Gasteiger partial charge in [-0.25, -0.2) is 0 Å². The van der Waals surface area contributed by atoms with Crippen molar-refractivity contribution in [3.05, 3.63) is 23.8 Å². The molecule has 1 saturated heterocycles. The van der Waals surface area contributed by atoms with E-state index in [9.17, 15) is 0 Å². The minimum atomic E-state index is 0.224. The lowest BCUT2D eigenvalue weighted by atomic mass is 10.0. The van der Waals surface area contributed by atoms with E-state index in [1.807, 2.05) is 6.07 Å². The summed E-state index contributed by atoms with van der Waals surface area (Å²) in [4.78, 5) is 2.54. The van der Waals surface area contributed by atoms with Crippen molar-refractivity contribution in [2.45, 2.75) is 44.7 Å². The molecule has 2 rings (SSSR count). The molecule has 1 aromatic rings. The fourth-order valence-electron chi connectivity index (χ4n) is 3.24. The Labute approximate surface area is 128 Å². The molecule has 0 saturated carbocycles. The van der Waals surface area contributed by atoms with Gasteiger partial charge in [-0.3, -0.25) is 4.90 Å². The van der Waals surface area contributed by atoms with Crippen LogP contribution < -0.4 is 15.2 Å². The minimum absolute atomic E-state index is 0.224. The number of likely N-dealkylation sites (tertiary alicyclic amines) is 1. The molecule has 2 N–H and O–H groups in total. The molecule has 1 aliphatic rings. The quantitative estimate of drug-likeness (QED) is 0.906. The molecule has 0 amide bonds. The Hall–Kier alpha value is -1.26. The predicted molar refractivity (Wildman–Crippen MR) is 86.0 cm³/mol. The van der Waals surface area contributed by atoms with Gasteiger partial charge in [0.15, 0.2) is 0 Å². The second-order valence-corrected chi connectivity index (χ2v) is 5.83. The summed E-state index contributed by atoms with van der Waals surface area (Å²) in [6.07, 6.45) is 5.13. The van der Waals surface area contributed by atoms with Crippen LogP contribution in [0.15, 0.2) is 18.2 Å². The van der Waals surface area contributed by atoms with E-state index in [0.717, 1.165) is 18.0 Å². The monoisotopic (exact) mass is 292 g/mol. The average Bonchev–Trinajstić information content (AvgIpc) is 2.73. The van der Waals surface area contributed by atoms with Crippen molar-refractivity contribution in [3.8, 4) is 11.5 Å². The second kappa shape index (κ2) is 7.66. The summed E-state index contributed by atoms with van der Waals surface area (Å²) in [5.41, 5.74) is 7.29. The highest BCUT2D eigenvalue weighted by molar-refractivity contribution is 5.40. The molecule has 118 valence electrons. The SMILES string of the molecule is COc1cc(OC)cc(C(CN)N2CCCCCC2C)c1. The van der Waals surface area contributed by atoms with Crippen molar-refractivity contribution in [1.29, 1.82) is 0 Å². The van der Waals surface area contributed by atoms with Crippen LogP contribution in [0.4, 0.5) is 0 Å². The van der Waals surface area contributed by atoms with E-state index in [2.05, 4.69) is 24.0 Å². The van der Waals surface area contributed by atoms with Gasteiger partial charge in [0.1, 0.15) is 11.5 Å². The molecule has 0 aromatic heterocycles. The van der Waals surface area contributed by atoms with Gasteiger partial charge in [0.2, 0.25) is 0 Å². The van der Waals surface area contributed by atoms with Crippen molar-refractivity contribution in [2.24, 2.45) is 5.73 Å². The van der Waals surface area contributed by atoms with Crippen LogP contribution >= 0.6 is 0 Å². The molecule has 1 fully saturated rings. The third-order valence-electron chi connectivity index (χ3n) is 4.49. The number of hydrogen-bond acceptors (Lipinski definition) is 4. The number of ether oxygens (including phenoxy) is 2. The van der Waals surface area contributed by atoms with Crippen LogP contribution in [0.25, 0.3) is 0 Å². The van der Waals surface area contributed by atoms with Gasteiger partial charge in [-0.05, 0) is 44.0 Å². The fourth-order valence-corrected chi connectivity index (χ4v) is 3.24. The zero-order valence-electron chi connectivity index (χ0n) is 13.5. The summed E-state index contributed by atoms with van der Waals surface area (Å²) >= 11 is 0. The highest BCUT2D eigenvalue weighted by atomic mass is 16.5. The van der Waals surface area contributed by atoms with Gasteiger partial charge in [-0.15, -0.1) is 0 Å². The molecular formula is C17H28N2O2. The number of nitrogens with two attached hydrogens (primary N) is 1. The largest absolute Gasteiger partial charge is 0.497 e. The van der Waals surface area contributed by atoms with Crippen molar-refractivity contribution < 1.29 is 9.47 Å². The lowest BCUT2D eigenvalue weighted by Crippen LogP contribution is -2.39. The van der Waals surface area contributed by atoms with Crippen molar-refractivity contribution in [1.82, 2.24) is 4.90 Å². The van der Waals surface area contributed by atoms with Gasteiger partial charge in [-0.1, -0.05) is 12.8 Å². The van der Waals surface area contributed by atoms with E-state index >= 15 is 0 Å². The molecule has 0 aliphatic carbocycles. The van der Waals surface area contributed by atoms with Gasteiger partial charge in [0, 0.05) is 24.7 Å². The summed E-state index contributed by atoms with van der Waals surface area (Å²) in [6, 6.07) is 6.86. The number of rotatable bonds is 5. The molecule has 0 spiro atoms. The Morgan fingerprint density at radius 2 is 1.81 bits per heavy atom. The molecule has 4 nitrogen and oxygen atoms in total. The Morgan fingerprint density at radius 1 is 1.14 bits per heavy atom. The van der Waals surface area contributed by atoms with Gasteiger partial charge >= 0.3 is 0 Å². The minimum Gasteiger partial charge on any atom is -0.497 e. The summed E-state index contributed by atoms with van der Waals surface area (Å²) < 4.78 is 10.8. The van der Waals surface area contributed by atoms with Crippen LogP contribution in [0.2, 0.25) is 0 Å². The molecule has 1 heterocycles. The third-order valence-corrected chi connectivity index (χ3v) is 4.49. The number of methoxy groups -OCH3 is 2. The maximum atomic E-state index is 6.11. The maximum absolute atomic E-state index is 6.11. The summed E-state index contributed by atoms with van der Waals surface area (Å²) in [6.45, 7) is 4.04. The highest BCUT2D eigenvalue weighted by Gasteiger charge is 2.26. The highest BCUT2D eigenvalue weighted by Crippen LogP contribution is 2.32. The van der Waals surface area contributed by atoms with Crippen LogP contribution in [0.5, 0.6) is 11.5 Å². The number of benzene rings is 1. The Balaban J connectivity index is 2.30. The molecule has 2 atom stereocenters. The van der Waals surface area contributed by atoms with Gasteiger partial charge < -0.3 is 15.2 Å². The number of hydrogen-bond donors (Lipinski definition) is 1. The first-order valence-electron chi connectivity index (χ1n) is 7.88. The normalized spacial score (nSPS) is 21.6. The van der Waals surface area contributed by atoms with Crippen LogP contribution in [0, 0.1) is 0 Å². The molecule has 0 bridgehead atoms. The van der Waals surface area contributed by atoms with Crippen LogP contribution in [0.3, 0.4) is 0 Å². The Morgan fingerprint density at radius 3 is 2.38 bits per heavy atom. The van der Waals surface area contributed by atoms with Crippen LogP contribution in [0.1, 0.15) is 44.2 Å². The van der Waals surface area contributed by atoms with Gasteiger partial charge in [0.05, 0.1) is 14.2 Å². The molecule has 1 aliphatic heterocycles. The van der Waals surface area contributed by atoms with E-state index in [4.69, 9.17) is 15.2 Å². The lowest BCUT2D eigenvalue weighted by Gasteiger charge is -2.35. The van der Waals surface area contributed by atoms with Gasteiger partial charge in [-0.2, -0.15) is 0 Å². The molecule has 0 radical (unpaired) electrons. The third kappa shape index (κ3) is 3.89. The zero-order chi connectivity index (χ0) is 15.2. The first-order valence-corrected chi connectivity index (χ1v) is 7.88. The van der Waals surface area contributed by atoms with Crippen molar-refractivity contribution >= 4 is 0 Å². The van der Waals surface area contributed by atoms with Crippen LogP contribution in [-0.4, -0.2) is 38.3 Å². The molecule has 2 unspecified atom stereocenters. The average molecular weight is 292 g/mol. The zero-order valence-corrected chi connectivity index (χ0v) is 13.5. The summed E-state index contributed by atoms with van der Waals surface area (Å²) in [5.74, 6) is 1.65. The first-order chi connectivity index (χ1) is 10.2. The number of nitrogens with zero attached hydrogens (tertiary/aromatic N) is 1. The summed E-state index contributed by atoms with van der Waals surface area (Å²) in [7, 11) is 3.37. The Kier molecular flexibility index (Phi) is 5.88. The maximum Gasteiger partial charge on any atom is 0.122 e. The van der Waals surface area contributed by atoms with E-state index in [0.29, 0.717) is 12.6 Å². The topological polar surface area (TPSA) is 47.7 Å². The van der Waals surface area contributed by atoms with E-state index in [1.165, 1.54) is 31.2 Å². The standard InChI is InChI=1S/C17H28N2O2/c1-13-7-5-4-6-8-19(13)17(12-18)14-9-15(20-2)11-16(10-14)21-3/h9-11,13,17H,4-8,12,18H2,1-3H3. The van der Waals surface area contributed by atoms with Crippen molar-refractivity contribution in [3.63, 3.8) is 0 Å². The molecule has 21 heavy (non-hydrogen) atoms. The van der Waals surface area contributed by atoms with Crippen LogP contribution in [-0.2, 0) is 0 Å². The molecule has 1 aromatic carbocycles. The lowest BCUT2D eigenvalue weighted by molar-refractivity contribution is 0.150. The molecule has 4 heteroatoms. The summed E-state index contributed by atoms with van der Waals surface area (Å²) in [5, 5.41) is 0. The first kappa shape index (κ1) is 16.1. The predicted octanol–water partition coefficient (Wildman–Crippen LogP) is 2.97. The smallest absolute Gasteiger partial charge is 0.122 e.